The first-order valence-electron chi connectivity index (χ1n) is 8.88. The SMILES string of the molecule is O=C(CN1C(=O)N[C@@]2(CCCc3ccccc32)C1=O)Nc1ccc(F)c(Cl)c1. The Morgan fingerprint density at radius 2 is 2.04 bits per heavy atom. The van der Waals surface area contributed by atoms with Gasteiger partial charge in [-0.2, -0.15) is 0 Å². The van der Waals surface area contributed by atoms with Gasteiger partial charge in [-0.3, -0.25) is 14.5 Å². The molecule has 1 fully saturated rings. The highest BCUT2D eigenvalue weighted by molar-refractivity contribution is 6.31. The lowest BCUT2D eigenvalue weighted by atomic mass is 9.76. The number of nitrogens with one attached hydrogen (secondary N) is 2. The number of carbonyl (C=O) groups is 3. The number of nitrogens with zero attached hydrogens (tertiary/aromatic N) is 1. The minimum atomic E-state index is -1.12. The van der Waals surface area contributed by atoms with Gasteiger partial charge in [0.1, 0.15) is 17.9 Å². The largest absolute Gasteiger partial charge is 0.325 e. The molecule has 1 heterocycles. The van der Waals surface area contributed by atoms with Crippen LogP contribution in [-0.2, 0) is 21.5 Å². The van der Waals surface area contributed by atoms with Gasteiger partial charge in [0.2, 0.25) is 5.91 Å². The quantitative estimate of drug-likeness (QED) is 0.775. The van der Waals surface area contributed by atoms with Gasteiger partial charge >= 0.3 is 6.03 Å². The van der Waals surface area contributed by atoms with E-state index >= 15 is 0 Å². The molecule has 4 rings (SSSR count). The van der Waals surface area contributed by atoms with Gasteiger partial charge in [-0.1, -0.05) is 35.9 Å². The fourth-order valence-corrected chi connectivity index (χ4v) is 4.05. The maximum absolute atomic E-state index is 13.2. The van der Waals surface area contributed by atoms with E-state index in [-0.39, 0.29) is 10.7 Å². The fraction of sp³-hybridized carbons (Fsp3) is 0.250. The van der Waals surface area contributed by atoms with Crippen molar-refractivity contribution >= 4 is 35.1 Å². The van der Waals surface area contributed by atoms with Crippen LogP contribution in [0.15, 0.2) is 42.5 Å². The molecular weight excluding hydrogens is 385 g/mol. The highest BCUT2D eigenvalue weighted by atomic mass is 35.5. The van der Waals surface area contributed by atoms with Gasteiger partial charge in [-0.15, -0.1) is 0 Å². The predicted molar refractivity (Wildman–Crippen MR) is 101 cm³/mol. The number of imide groups is 1. The Morgan fingerprint density at radius 3 is 2.82 bits per heavy atom. The first-order chi connectivity index (χ1) is 13.4. The average Bonchev–Trinajstić information content (AvgIpc) is 2.90. The normalized spacial score (nSPS) is 20.9. The minimum Gasteiger partial charge on any atom is -0.324 e. The molecule has 6 nitrogen and oxygen atoms in total. The Kier molecular flexibility index (Phi) is 4.55. The molecule has 144 valence electrons. The van der Waals surface area contributed by atoms with E-state index < -0.39 is 35.7 Å². The van der Waals surface area contributed by atoms with Crippen molar-refractivity contribution in [1.82, 2.24) is 10.2 Å². The van der Waals surface area contributed by atoms with Crippen LogP contribution in [0.3, 0.4) is 0 Å². The third kappa shape index (κ3) is 3.01. The molecule has 2 N–H and O–H groups in total. The molecule has 2 aromatic carbocycles. The average molecular weight is 402 g/mol. The summed E-state index contributed by atoms with van der Waals surface area (Å²) in [4.78, 5) is 38.9. The Morgan fingerprint density at radius 1 is 1.25 bits per heavy atom. The minimum absolute atomic E-state index is 0.134. The van der Waals surface area contributed by atoms with E-state index in [1.807, 2.05) is 24.3 Å². The molecule has 0 saturated carbocycles. The summed E-state index contributed by atoms with van der Waals surface area (Å²) in [7, 11) is 0. The highest BCUT2D eigenvalue weighted by Crippen LogP contribution is 2.39. The predicted octanol–water partition coefficient (Wildman–Crippen LogP) is 3.20. The number of hydrogen-bond acceptors (Lipinski definition) is 3. The summed E-state index contributed by atoms with van der Waals surface area (Å²) >= 11 is 5.70. The summed E-state index contributed by atoms with van der Waals surface area (Å²) in [6.07, 6.45) is 2.09. The highest BCUT2D eigenvalue weighted by Gasteiger charge is 2.54. The van der Waals surface area contributed by atoms with E-state index in [1.54, 1.807) is 0 Å². The molecule has 1 aliphatic heterocycles. The van der Waals surface area contributed by atoms with Crippen molar-refractivity contribution in [2.24, 2.45) is 0 Å². The number of anilines is 1. The molecule has 0 aromatic heterocycles. The van der Waals surface area contributed by atoms with E-state index in [1.165, 1.54) is 12.1 Å². The van der Waals surface area contributed by atoms with E-state index in [4.69, 9.17) is 11.6 Å². The van der Waals surface area contributed by atoms with Gasteiger partial charge in [-0.25, -0.2) is 9.18 Å². The van der Waals surface area contributed by atoms with Gasteiger partial charge in [0.15, 0.2) is 0 Å². The number of urea groups is 1. The van der Waals surface area contributed by atoms with Crippen LogP contribution < -0.4 is 10.6 Å². The number of benzene rings is 2. The Labute approximate surface area is 165 Å². The lowest BCUT2D eigenvalue weighted by Gasteiger charge is -2.33. The van der Waals surface area contributed by atoms with E-state index in [0.29, 0.717) is 6.42 Å². The topological polar surface area (TPSA) is 78.5 Å². The van der Waals surface area contributed by atoms with Crippen molar-refractivity contribution in [3.05, 3.63) is 64.4 Å². The Balaban J connectivity index is 1.54. The summed E-state index contributed by atoms with van der Waals surface area (Å²) in [6.45, 7) is -0.441. The van der Waals surface area contributed by atoms with Crippen molar-refractivity contribution in [2.75, 3.05) is 11.9 Å². The Bertz CT molecular complexity index is 996. The maximum Gasteiger partial charge on any atom is 0.325 e. The summed E-state index contributed by atoms with van der Waals surface area (Å²) in [5, 5.41) is 5.19. The van der Waals surface area contributed by atoms with Crippen LogP contribution in [0, 0.1) is 5.82 Å². The zero-order valence-electron chi connectivity index (χ0n) is 14.8. The molecule has 1 saturated heterocycles. The number of carbonyl (C=O) groups excluding carboxylic acids is 3. The molecule has 28 heavy (non-hydrogen) atoms. The van der Waals surface area contributed by atoms with Crippen LogP contribution in [0.2, 0.25) is 5.02 Å². The first kappa shape index (κ1) is 18.4. The third-order valence-electron chi connectivity index (χ3n) is 5.16. The molecule has 2 aliphatic rings. The molecule has 0 radical (unpaired) electrons. The number of fused-ring (bicyclic) bond motifs is 2. The molecule has 4 amide bonds. The van der Waals surface area contributed by atoms with E-state index in [9.17, 15) is 18.8 Å². The standard InChI is InChI=1S/C20H17ClFN3O3/c21-15-10-13(7-8-16(15)22)23-17(26)11-25-18(27)20(24-19(25)28)9-3-5-12-4-1-2-6-14(12)20/h1-2,4,6-8,10H,3,5,9,11H2,(H,23,26)(H,24,28)/t20-/m1/s1. The van der Waals surface area contributed by atoms with Gasteiger partial charge in [0, 0.05) is 5.69 Å². The number of aryl methyl sites for hydroxylation is 1. The Hall–Kier alpha value is -2.93. The van der Waals surface area contributed by atoms with E-state index in [2.05, 4.69) is 10.6 Å². The van der Waals surface area contributed by atoms with Crippen LogP contribution in [0.5, 0.6) is 0 Å². The fourth-order valence-electron chi connectivity index (χ4n) is 3.87. The summed E-state index contributed by atoms with van der Waals surface area (Å²) in [5.74, 6) is -1.61. The van der Waals surface area contributed by atoms with Crippen molar-refractivity contribution in [1.29, 1.82) is 0 Å². The molecule has 2 aromatic rings. The van der Waals surface area contributed by atoms with Crippen molar-refractivity contribution in [3.63, 3.8) is 0 Å². The molecule has 1 spiro atoms. The smallest absolute Gasteiger partial charge is 0.324 e. The van der Waals surface area contributed by atoms with Crippen LogP contribution in [0.1, 0.15) is 24.0 Å². The lowest BCUT2D eigenvalue weighted by Crippen LogP contribution is -2.47. The third-order valence-corrected chi connectivity index (χ3v) is 5.45. The van der Waals surface area contributed by atoms with Crippen molar-refractivity contribution in [2.45, 2.75) is 24.8 Å². The zero-order chi connectivity index (χ0) is 19.9. The molecule has 8 heteroatoms. The summed E-state index contributed by atoms with van der Waals surface area (Å²) in [5.41, 5.74) is 0.967. The van der Waals surface area contributed by atoms with Gasteiger partial charge in [0.05, 0.1) is 5.02 Å². The van der Waals surface area contributed by atoms with Gasteiger partial charge in [-0.05, 0) is 48.6 Å². The zero-order valence-corrected chi connectivity index (χ0v) is 15.6. The molecule has 0 unspecified atom stereocenters. The summed E-state index contributed by atoms with van der Waals surface area (Å²) < 4.78 is 13.2. The number of halogens is 2. The second kappa shape index (κ2) is 6.91. The number of hydrogen-bond donors (Lipinski definition) is 2. The number of amides is 4. The van der Waals surface area contributed by atoms with Crippen molar-refractivity contribution in [3.8, 4) is 0 Å². The monoisotopic (exact) mass is 401 g/mol. The summed E-state index contributed by atoms with van der Waals surface area (Å²) in [6, 6.07) is 10.7. The van der Waals surface area contributed by atoms with Gasteiger partial charge in [0.25, 0.3) is 5.91 Å². The van der Waals surface area contributed by atoms with Crippen molar-refractivity contribution < 1.29 is 18.8 Å². The number of rotatable bonds is 3. The maximum atomic E-state index is 13.2. The van der Waals surface area contributed by atoms with Crippen LogP contribution >= 0.6 is 11.6 Å². The molecule has 0 bridgehead atoms. The van der Waals surface area contributed by atoms with Crippen LogP contribution in [0.25, 0.3) is 0 Å². The molecule has 1 aliphatic carbocycles. The lowest BCUT2D eigenvalue weighted by molar-refractivity contribution is -0.134. The second-order valence-electron chi connectivity index (χ2n) is 6.91. The van der Waals surface area contributed by atoms with E-state index in [0.717, 1.165) is 34.9 Å². The molecular formula is C20H17ClFN3O3. The van der Waals surface area contributed by atoms with Gasteiger partial charge < -0.3 is 10.6 Å². The first-order valence-corrected chi connectivity index (χ1v) is 9.26. The second-order valence-corrected chi connectivity index (χ2v) is 7.32. The van der Waals surface area contributed by atoms with Crippen LogP contribution in [0.4, 0.5) is 14.9 Å². The van der Waals surface area contributed by atoms with Crippen LogP contribution in [-0.4, -0.2) is 29.3 Å². The molecule has 1 atom stereocenters.